The Balaban J connectivity index is 1.48. The molecule has 3 N–H and O–H groups in total. The molecule has 2 saturated heterocycles. The topological polar surface area (TPSA) is 84.9 Å². The summed E-state index contributed by atoms with van der Waals surface area (Å²) in [7, 11) is 1.60. The van der Waals surface area contributed by atoms with Crippen LogP contribution in [-0.2, 0) is 11.3 Å². The second-order valence-electron chi connectivity index (χ2n) is 8.08. The van der Waals surface area contributed by atoms with Gasteiger partial charge in [-0.1, -0.05) is 30.3 Å². The van der Waals surface area contributed by atoms with Crippen LogP contribution in [0, 0.1) is 0 Å². The molecule has 0 bridgehead atoms. The minimum Gasteiger partial charge on any atom is -0.388 e. The molecule has 0 saturated carbocycles. The van der Waals surface area contributed by atoms with Gasteiger partial charge < -0.3 is 20.6 Å². The molecule has 0 aliphatic carbocycles. The molecule has 1 atom stereocenters. The quantitative estimate of drug-likeness (QED) is 0.710. The number of hydrogen-bond donors (Lipinski definition) is 3. The highest BCUT2D eigenvalue weighted by Crippen LogP contribution is 2.27. The third-order valence-corrected chi connectivity index (χ3v) is 5.77. The minimum atomic E-state index is -0.957. The highest BCUT2D eigenvalue weighted by atomic mass is 16.3. The molecule has 2 fully saturated rings. The number of nitrogens with one attached hydrogen (secondary N) is 2. The van der Waals surface area contributed by atoms with Gasteiger partial charge in [0.15, 0.2) is 0 Å². The van der Waals surface area contributed by atoms with Crippen LogP contribution in [0.3, 0.4) is 0 Å². The van der Waals surface area contributed by atoms with Gasteiger partial charge in [-0.05, 0) is 37.8 Å². The molecule has 154 valence electrons. The Morgan fingerprint density at radius 1 is 1.18 bits per heavy atom. The fourth-order valence-electron chi connectivity index (χ4n) is 4.25. The first kappa shape index (κ1) is 20.6. The van der Waals surface area contributed by atoms with Gasteiger partial charge in [-0.15, -0.1) is 0 Å². The molecule has 0 radical (unpaired) electrons. The van der Waals surface area contributed by atoms with Crippen molar-refractivity contribution in [3.05, 3.63) is 35.9 Å². The van der Waals surface area contributed by atoms with Crippen molar-refractivity contribution in [1.82, 2.24) is 20.4 Å². The van der Waals surface area contributed by atoms with Gasteiger partial charge in [-0.2, -0.15) is 0 Å². The van der Waals surface area contributed by atoms with E-state index in [4.69, 9.17) is 0 Å². The van der Waals surface area contributed by atoms with Crippen LogP contribution in [0.25, 0.3) is 0 Å². The summed E-state index contributed by atoms with van der Waals surface area (Å²) in [5.74, 6) is 0.0162. The Kier molecular flexibility index (Phi) is 6.91. The Morgan fingerprint density at radius 2 is 1.89 bits per heavy atom. The molecule has 28 heavy (non-hydrogen) atoms. The first-order valence-electron chi connectivity index (χ1n) is 10.2. The molecule has 2 heterocycles. The van der Waals surface area contributed by atoms with E-state index in [1.807, 2.05) is 23.1 Å². The van der Waals surface area contributed by atoms with Crippen LogP contribution in [-0.4, -0.2) is 71.7 Å². The van der Waals surface area contributed by atoms with Crippen molar-refractivity contribution in [1.29, 1.82) is 0 Å². The molecule has 1 aromatic carbocycles. The van der Waals surface area contributed by atoms with Crippen LogP contribution in [0.15, 0.2) is 30.3 Å². The normalized spacial score (nSPS) is 24.0. The first-order valence-corrected chi connectivity index (χ1v) is 10.2. The van der Waals surface area contributed by atoms with Gasteiger partial charge in [0.25, 0.3) is 0 Å². The number of hydrogen-bond acceptors (Lipinski definition) is 4. The average Bonchev–Trinajstić information content (AvgIpc) is 2.69. The maximum Gasteiger partial charge on any atom is 0.314 e. The zero-order valence-corrected chi connectivity index (χ0v) is 16.7. The van der Waals surface area contributed by atoms with E-state index in [2.05, 4.69) is 27.7 Å². The Hall–Kier alpha value is -2.12. The van der Waals surface area contributed by atoms with Crippen molar-refractivity contribution in [2.24, 2.45) is 0 Å². The van der Waals surface area contributed by atoms with Gasteiger partial charge in [0, 0.05) is 39.3 Å². The van der Waals surface area contributed by atoms with Crippen LogP contribution >= 0.6 is 0 Å². The molecule has 2 aliphatic rings. The van der Waals surface area contributed by atoms with E-state index in [0.29, 0.717) is 26.1 Å². The average molecular weight is 389 g/mol. The number of amides is 3. The standard InChI is InChI=1S/C21H32N4O3/c1-22-20(27)23-18-8-12-25(13-9-18)19(26)14-21(28)10-5-11-24(16-21)15-17-6-3-2-4-7-17/h2-4,6-7,18,28H,5,8-16H2,1H3,(H2,22,23,27). The second kappa shape index (κ2) is 9.39. The molecule has 1 aromatic rings. The number of rotatable bonds is 5. The SMILES string of the molecule is CNC(=O)NC1CCN(C(=O)CC2(O)CCCN(Cc3ccccc3)C2)CC1. The zero-order chi connectivity index (χ0) is 20.0. The molecule has 2 aliphatic heterocycles. The Morgan fingerprint density at radius 3 is 2.57 bits per heavy atom. The number of piperidine rings is 2. The molecular weight excluding hydrogens is 356 g/mol. The molecule has 0 spiro atoms. The fraction of sp³-hybridized carbons (Fsp3) is 0.619. The van der Waals surface area contributed by atoms with E-state index in [1.165, 1.54) is 5.56 Å². The number of β-amino-alcohol motifs (C(OH)–C–C–N with tert-alkyl or cyclic N) is 1. The summed E-state index contributed by atoms with van der Waals surface area (Å²) >= 11 is 0. The van der Waals surface area contributed by atoms with Crippen molar-refractivity contribution in [2.45, 2.75) is 50.3 Å². The monoisotopic (exact) mass is 388 g/mol. The maximum absolute atomic E-state index is 12.8. The van der Waals surface area contributed by atoms with Gasteiger partial charge in [0.05, 0.1) is 12.0 Å². The predicted octanol–water partition coefficient (Wildman–Crippen LogP) is 1.32. The van der Waals surface area contributed by atoms with Gasteiger partial charge >= 0.3 is 6.03 Å². The summed E-state index contributed by atoms with van der Waals surface area (Å²) in [5, 5.41) is 16.5. The van der Waals surface area contributed by atoms with E-state index in [-0.39, 0.29) is 24.4 Å². The van der Waals surface area contributed by atoms with Crippen LogP contribution in [0.2, 0.25) is 0 Å². The first-order chi connectivity index (χ1) is 13.5. The van der Waals surface area contributed by atoms with Crippen molar-refractivity contribution in [3.8, 4) is 0 Å². The van der Waals surface area contributed by atoms with Gasteiger partial charge in [0.2, 0.25) is 5.91 Å². The van der Waals surface area contributed by atoms with Crippen molar-refractivity contribution < 1.29 is 14.7 Å². The number of benzene rings is 1. The molecular formula is C21H32N4O3. The highest BCUT2D eigenvalue weighted by Gasteiger charge is 2.37. The lowest BCUT2D eigenvalue weighted by Crippen LogP contribution is -2.52. The van der Waals surface area contributed by atoms with E-state index in [1.54, 1.807) is 7.05 Å². The molecule has 0 aromatic heterocycles. The summed E-state index contributed by atoms with van der Waals surface area (Å²) in [6, 6.07) is 10.2. The van der Waals surface area contributed by atoms with E-state index >= 15 is 0 Å². The Labute approximate surface area is 167 Å². The maximum atomic E-state index is 12.8. The molecule has 3 amide bonds. The third kappa shape index (κ3) is 5.69. The second-order valence-corrected chi connectivity index (χ2v) is 8.08. The summed E-state index contributed by atoms with van der Waals surface area (Å²) in [6.45, 7) is 3.52. The predicted molar refractivity (Wildman–Crippen MR) is 108 cm³/mol. The van der Waals surface area contributed by atoms with Gasteiger partial charge in [-0.25, -0.2) is 4.79 Å². The Bertz CT molecular complexity index is 661. The van der Waals surface area contributed by atoms with Crippen molar-refractivity contribution >= 4 is 11.9 Å². The van der Waals surface area contributed by atoms with E-state index < -0.39 is 5.60 Å². The number of aliphatic hydroxyl groups is 1. The fourth-order valence-corrected chi connectivity index (χ4v) is 4.25. The van der Waals surface area contributed by atoms with E-state index in [9.17, 15) is 14.7 Å². The van der Waals surface area contributed by atoms with Gasteiger partial charge in [0.1, 0.15) is 0 Å². The minimum absolute atomic E-state index is 0.0162. The molecule has 7 heteroatoms. The lowest BCUT2D eigenvalue weighted by Gasteiger charge is -2.40. The largest absolute Gasteiger partial charge is 0.388 e. The summed E-state index contributed by atoms with van der Waals surface area (Å²) in [4.78, 5) is 28.3. The number of carbonyl (C=O) groups is 2. The third-order valence-electron chi connectivity index (χ3n) is 5.77. The van der Waals surface area contributed by atoms with Crippen molar-refractivity contribution in [3.63, 3.8) is 0 Å². The number of urea groups is 1. The number of nitrogens with zero attached hydrogens (tertiary/aromatic N) is 2. The number of carbonyl (C=O) groups excluding carboxylic acids is 2. The summed E-state index contributed by atoms with van der Waals surface area (Å²) < 4.78 is 0. The highest BCUT2D eigenvalue weighted by molar-refractivity contribution is 5.77. The van der Waals surface area contributed by atoms with Crippen LogP contribution in [0.4, 0.5) is 4.79 Å². The molecule has 1 unspecified atom stereocenters. The summed E-state index contributed by atoms with van der Waals surface area (Å²) in [6.07, 6.45) is 3.23. The van der Waals surface area contributed by atoms with Crippen molar-refractivity contribution in [2.75, 3.05) is 33.2 Å². The molecule has 7 nitrogen and oxygen atoms in total. The molecule has 3 rings (SSSR count). The van der Waals surface area contributed by atoms with E-state index in [0.717, 1.165) is 32.4 Å². The smallest absolute Gasteiger partial charge is 0.314 e. The summed E-state index contributed by atoms with van der Waals surface area (Å²) in [5.41, 5.74) is 0.269. The van der Waals surface area contributed by atoms with Gasteiger partial charge in [-0.3, -0.25) is 9.69 Å². The number of likely N-dealkylation sites (tertiary alicyclic amines) is 2. The van der Waals surface area contributed by atoms with Crippen LogP contribution in [0.5, 0.6) is 0 Å². The zero-order valence-electron chi connectivity index (χ0n) is 16.7. The lowest BCUT2D eigenvalue weighted by molar-refractivity contribution is -0.140. The lowest BCUT2D eigenvalue weighted by atomic mass is 9.88. The van der Waals surface area contributed by atoms with Crippen LogP contribution in [0.1, 0.15) is 37.7 Å². The van der Waals surface area contributed by atoms with Crippen LogP contribution < -0.4 is 10.6 Å².